The van der Waals surface area contributed by atoms with Crippen molar-refractivity contribution in [1.29, 1.82) is 0 Å². The Labute approximate surface area is 116 Å². The Morgan fingerprint density at radius 3 is 2.74 bits per heavy atom. The molecular formula is C15H16FNOS. The van der Waals surface area contributed by atoms with E-state index < -0.39 is 0 Å². The quantitative estimate of drug-likeness (QED) is 0.677. The Morgan fingerprint density at radius 2 is 2.00 bits per heavy atom. The maximum absolute atomic E-state index is 13.2. The van der Waals surface area contributed by atoms with Crippen LogP contribution in [0.3, 0.4) is 0 Å². The van der Waals surface area contributed by atoms with Crippen LogP contribution in [0.1, 0.15) is 11.1 Å². The molecule has 2 aromatic carbocycles. The van der Waals surface area contributed by atoms with Crippen molar-refractivity contribution in [2.45, 2.75) is 17.6 Å². The molecule has 0 aliphatic carbocycles. The van der Waals surface area contributed by atoms with E-state index >= 15 is 0 Å². The van der Waals surface area contributed by atoms with Crippen molar-refractivity contribution in [3.63, 3.8) is 0 Å². The molecule has 2 N–H and O–H groups in total. The van der Waals surface area contributed by atoms with Crippen molar-refractivity contribution in [2.75, 3.05) is 12.8 Å². The molecule has 100 valence electrons. The average Bonchev–Trinajstić information content (AvgIpc) is 2.40. The normalized spacial score (nSPS) is 10.5. The summed E-state index contributed by atoms with van der Waals surface area (Å²) in [6.07, 6.45) is 0. The van der Waals surface area contributed by atoms with Crippen LogP contribution in [0.5, 0.6) is 5.75 Å². The molecule has 0 fully saturated rings. The molecule has 0 saturated heterocycles. The van der Waals surface area contributed by atoms with Crippen LogP contribution < -0.4 is 10.5 Å². The summed E-state index contributed by atoms with van der Waals surface area (Å²) < 4.78 is 18.5. The van der Waals surface area contributed by atoms with Gasteiger partial charge in [0.1, 0.15) is 11.6 Å². The van der Waals surface area contributed by atoms with Crippen LogP contribution in [0.25, 0.3) is 0 Å². The standard InChI is InChI=1S/C15H16FNOS/c1-10-3-6-14(18-2)11(7-10)9-19-15-8-12(16)4-5-13(15)17/h3-8H,9,17H2,1-2H3. The lowest BCUT2D eigenvalue weighted by molar-refractivity contribution is 0.411. The number of halogens is 1. The van der Waals surface area contributed by atoms with Crippen molar-refractivity contribution < 1.29 is 9.13 Å². The number of nitrogens with two attached hydrogens (primary N) is 1. The zero-order valence-corrected chi connectivity index (χ0v) is 11.8. The highest BCUT2D eigenvalue weighted by atomic mass is 32.2. The van der Waals surface area contributed by atoms with E-state index in [1.165, 1.54) is 29.5 Å². The summed E-state index contributed by atoms with van der Waals surface area (Å²) in [4.78, 5) is 0.753. The molecule has 2 nitrogen and oxygen atoms in total. The van der Waals surface area contributed by atoms with Gasteiger partial charge in [-0.3, -0.25) is 0 Å². The molecule has 19 heavy (non-hydrogen) atoms. The van der Waals surface area contributed by atoms with Gasteiger partial charge in [-0.05, 0) is 31.2 Å². The molecule has 2 aromatic rings. The number of ether oxygens (including phenoxy) is 1. The predicted molar refractivity (Wildman–Crippen MR) is 78.1 cm³/mol. The largest absolute Gasteiger partial charge is 0.496 e. The molecule has 0 spiro atoms. The van der Waals surface area contributed by atoms with Gasteiger partial charge in [-0.1, -0.05) is 17.7 Å². The zero-order valence-electron chi connectivity index (χ0n) is 10.9. The summed E-state index contributed by atoms with van der Waals surface area (Å²) in [5, 5.41) is 0. The van der Waals surface area contributed by atoms with Gasteiger partial charge in [-0.2, -0.15) is 0 Å². The van der Waals surface area contributed by atoms with Crippen LogP contribution in [0, 0.1) is 12.7 Å². The first kappa shape index (κ1) is 13.7. The molecule has 0 aliphatic heterocycles. The van der Waals surface area contributed by atoms with Gasteiger partial charge >= 0.3 is 0 Å². The zero-order chi connectivity index (χ0) is 13.8. The molecule has 0 radical (unpaired) electrons. The van der Waals surface area contributed by atoms with E-state index in [-0.39, 0.29) is 5.82 Å². The minimum Gasteiger partial charge on any atom is -0.496 e. The Bertz CT molecular complexity index is 586. The summed E-state index contributed by atoms with van der Waals surface area (Å²) in [6.45, 7) is 2.03. The Kier molecular flexibility index (Phi) is 4.32. The fraction of sp³-hybridized carbons (Fsp3) is 0.200. The third kappa shape index (κ3) is 3.41. The summed E-state index contributed by atoms with van der Waals surface area (Å²) in [7, 11) is 1.65. The van der Waals surface area contributed by atoms with Gasteiger partial charge in [0.15, 0.2) is 0 Å². The molecular weight excluding hydrogens is 261 g/mol. The Morgan fingerprint density at radius 1 is 1.21 bits per heavy atom. The van der Waals surface area contributed by atoms with E-state index in [0.29, 0.717) is 11.4 Å². The van der Waals surface area contributed by atoms with Crippen LogP contribution in [-0.4, -0.2) is 7.11 Å². The number of benzene rings is 2. The van der Waals surface area contributed by atoms with E-state index in [1.54, 1.807) is 13.2 Å². The SMILES string of the molecule is COc1ccc(C)cc1CSc1cc(F)ccc1N. The molecule has 4 heteroatoms. The number of rotatable bonds is 4. The van der Waals surface area contributed by atoms with Crippen LogP contribution >= 0.6 is 11.8 Å². The van der Waals surface area contributed by atoms with Gasteiger partial charge < -0.3 is 10.5 Å². The average molecular weight is 277 g/mol. The number of hydrogen-bond donors (Lipinski definition) is 1. The van der Waals surface area contributed by atoms with Gasteiger partial charge in [0, 0.05) is 21.9 Å². The van der Waals surface area contributed by atoms with Crippen molar-refractivity contribution in [3.8, 4) is 5.75 Å². The van der Waals surface area contributed by atoms with Gasteiger partial charge in [0.05, 0.1) is 7.11 Å². The second-order valence-corrected chi connectivity index (χ2v) is 5.30. The summed E-state index contributed by atoms with van der Waals surface area (Å²) >= 11 is 1.51. The second-order valence-electron chi connectivity index (χ2n) is 4.29. The topological polar surface area (TPSA) is 35.2 Å². The van der Waals surface area contributed by atoms with Gasteiger partial charge in [0.25, 0.3) is 0 Å². The molecule has 0 aromatic heterocycles. The molecule has 0 heterocycles. The number of hydrogen-bond acceptors (Lipinski definition) is 3. The van der Waals surface area contributed by atoms with Crippen molar-refractivity contribution in [2.24, 2.45) is 0 Å². The third-order valence-electron chi connectivity index (χ3n) is 2.79. The lowest BCUT2D eigenvalue weighted by atomic mass is 10.1. The molecule has 0 bridgehead atoms. The highest BCUT2D eigenvalue weighted by Crippen LogP contribution is 2.32. The molecule has 2 rings (SSSR count). The predicted octanol–water partition coefficient (Wildman–Crippen LogP) is 4.02. The van der Waals surface area contributed by atoms with Crippen LogP contribution in [0.15, 0.2) is 41.3 Å². The maximum Gasteiger partial charge on any atom is 0.124 e. The first-order valence-electron chi connectivity index (χ1n) is 5.91. The summed E-state index contributed by atoms with van der Waals surface area (Å²) in [5.74, 6) is 1.26. The van der Waals surface area contributed by atoms with Crippen LogP contribution in [0.2, 0.25) is 0 Å². The maximum atomic E-state index is 13.2. The van der Waals surface area contributed by atoms with Crippen molar-refractivity contribution >= 4 is 17.4 Å². The monoisotopic (exact) mass is 277 g/mol. The Hall–Kier alpha value is -1.68. The smallest absolute Gasteiger partial charge is 0.124 e. The van der Waals surface area contributed by atoms with Crippen molar-refractivity contribution in [3.05, 3.63) is 53.3 Å². The van der Waals surface area contributed by atoms with E-state index in [0.717, 1.165) is 16.2 Å². The second kappa shape index (κ2) is 5.97. The van der Waals surface area contributed by atoms with E-state index in [9.17, 15) is 4.39 Å². The number of nitrogen functional groups attached to an aromatic ring is 1. The van der Waals surface area contributed by atoms with Gasteiger partial charge in [-0.15, -0.1) is 11.8 Å². The van der Waals surface area contributed by atoms with E-state index in [1.807, 2.05) is 19.1 Å². The highest BCUT2D eigenvalue weighted by molar-refractivity contribution is 7.98. The first-order valence-corrected chi connectivity index (χ1v) is 6.90. The third-order valence-corrected chi connectivity index (χ3v) is 3.91. The fourth-order valence-corrected chi connectivity index (χ4v) is 2.78. The number of methoxy groups -OCH3 is 1. The Balaban J connectivity index is 2.18. The highest BCUT2D eigenvalue weighted by Gasteiger charge is 2.07. The number of anilines is 1. The first-order chi connectivity index (χ1) is 9.10. The summed E-state index contributed by atoms with van der Waals surface area (Å²) in [5.41, 5.74) is 8.68. The van der Waals surface area contributed by atoms with E-state index in [4.69, 9.17) is 10.5 Å². The minimum atomic E-state index is -0.270. The van der Waals surface area contributed by atoms with Crippen LogP contribution in [0.4, 0.5) is 10.1 Å². The van der Waals surface area contributed by atoms with Gasteiger partial charge in [-0.25, -0.2) is 4.39 Å². The molecule has 0 amide bonds. The summed E-state index contributed by atoms with van der Waals surface area (Å²) in [6, 6.07) is 10.4. The molecule has 0 aliphatic rings. The molecule has 0 saturated carbocycles. The lowest BCUT2D eigenvalue weighted by Crippen LogP contribution is -1.93. The minimum absolute atomic E-state index is 0.270. The van der Waals surface area contributed by atoms with E-state index in [2.05, 4.69) is 6.07 Å². The van der Waals surface area contributed by atoms with Gasteiger partial charge in [0.2, 0.25) is 0 Å². The lowest BCUT2D eigenvalue weighted by Gasteiger charge is -2.10. The molecule has 0 atom stereocenters. The van der Waals surface area contributed by atoms with Crippen molar-refractivity contribution in [1.82, 2.24) is 0 Å². The molecule has 0 unspecified atom stereocenters. The number of thioether (sulfide) groups is 1. The van der Waals surface area contributed by atoms with Crippen LogP contribution in [-0.2, 0) is 5.75 Å². The number of aryl methyl sites for hydroxylation is 1. The fourth-order valence-electron chi connectivity index (χ4n) is 1.81.